The molecule has 0 aliphatic heterocycles. The van der Waals surface area contributed by atoms with Crippen LogP contribution in [0.2, 0.25) is 0 Å². The lowest BCUT2D eigenvalue weighted by Crippen LogP contribution is -2.35. The van der Waals surface area contributed by atoms with Crippen LogP contribution in [-0.2, 0) is 6.42 Å². The van der Waals surface area contributed by atoms with E-state index in [4.69, 9.17) is 0 Å². The number of carbonyl (C=O) groups is 1. The maximum atomic E-state index is 12.1. The molecule has 1 rings (SSSR count). The van der Waals surface area contributed by atoms with Crippen molar-refractivity contribution in [1.29, 1.82) is 0 Å². The van der Waals surface area contributed by atoms with E-state index >= 15 is 0 Å². The normalized spacial score (nSPS) is 13.0. The van der Waals surface area contributed by atoms with Crippen LogP contribution in [-0.4, -0.2) is 31.4 Å². The van der Waals surface area contributed by atoms with Gasteiger partial charge < -0.3 is 10.2 Å². The Morgan fingerprint density at radius 2 is 2.04 bits per heavy atom. The Morgan fingerprint density at radius 3 is 2.57 bits per heavy atom. The molecule has 3 nitrogen and oxygen atoms in total. The smallest absolute Gasteiger partial charge is 0.251 e. The van der Waals surface area contributed by atoms with E-state index in [1.807, 2.05) is 12.1 Å². The Balaban J connectivity index is 3.24. The summed E-state index contributed by atoms with van der Waals surface area (Å²) in [6.45, 7) is 11.8. The fourth-order valence-corrected chi connectivity index (χ4v) is 3.12. The summed E-state index contributed by atoms with van der Waals surface area (Å²) in [5.41, 5.74) is 1.83. The van der Waals surface area contributed by atoms with Crippen LogP contribution >= 0.6 is 0 Å². The second-order valence-electron chi connectivity index (χ2n) is 6.23. The average Bonchev–Trinajstić information content (AvgIpc) is 2.55. The predicted molar refractivity (Wildman–Crippen MR) is 99.8 cm³/mol. The second-order valence-corrected chi connectivity index (χ2v) is 6.23. The zero-order valence-electron chi connectivity index (χ0n) is 15.4. The van der Waals surface area contributed by atoms with Gasteiger partial charge in [0.15, 0.2) is 0 Å². The molecule has 1 amide bonds. The van der Waals surface area contributed by atoms with Crippen LogP contribution < -0.4 is 15.8 Å². The summed E-state index contributed by atoms with van der Waals surface area (Å²) in [5, 5.41) is 4.79. The van der Waals surface area contributed by atoms with Gasteiger partial charge in [-0.15, -0.1) is 0 Å². The molecule has 0 fully saturated rings. The molecule has 1 N–H and O–H groups in total. The Hall–Kier alpha value is -1.77. The molecule has 1 aromatic carbocycles. The third kappa shape index (κ3) is 5.12. The first-order valence-corrected chi connectivity index (χ1v) is 8.73. The molecule has 0 radical (unpaired) electrons. The van der Waals surface area contributed by atoms with Crippen molar-refractivity contribution in [2.24, 2.45) is 5.92 Å². The van der Waals surface area contributed by atoms with Crippen LogP contribution in [0.15, 0.2) is 12.1 Å². The molecule has 0 spiro atoms. The third-order valence-electron chi connectivity index (χ3n) is 4.44. The van der Waals surface area contributed by atoms with Crippen molar-refractivity contribution in [3.8, 4) is 0 Å². The number of carbonyl (C=O) groups excluding carboxylic acids is 1. The molecule has 0 bridgehead atoms. The number of benzene rings is 1. The van der Waals surface area contributed by atoms with Gasteiger partial charge in [-0.3, -0.25) is 4.79 Å². The fraction of sp³-hybridized carbons (Fsp3) is 0.550. The van der Waals surface area contributed by atoms with E-state index < -0.39 is 0 Å². The van der Waals surface area contributed by atoms with E-state index in [9.17, 15) is 4.79 Å². The Bertz CT molecular complexity index is 621. The van der Waals surface area contributed by atoms with Gasteiger partial charge in [0.2, 0.25) is 0 Å². The topological polar surface area (TPSA) is 32.3 Å². The molecule has 1 aromatic rings. The molecule has 0 aliphatic rings. The lowest BCUT2D eigenvalue weighted by atomic mass is 9.99. The van der Waals surface area contributed by atoms with E-state index in [1.54, 1.807) is 7.05 Å². The Labute approximate surface area is 141 Å². The van der Waals surface area contributed by atoms with Crippen molar-refractivity contribution < 1.29 is 4.79 Å². The average molecular weight is 316 g/mol. The molecular formula is C20H32N2O. The fourth-order valence-electron chi connectivity index (χ4n) is 3.12. The van der Waals surface area contributed by atoms with Crippen molar-refractivity contribution >= 4 is 18.7 Å². The van der Waals surface area contributed by atoms with Gasteiger partial charge in [0.05, 0.1) is 0 Å². The minimum Gasteiger partial charge on any atom is -0.380 e. The Kier molecular flexibility index (Phi) is 7.87. The number of hydrogen-bond donors (Lipinski definition) is 1. The van der Waals surface area contributed by atoms with Gasteiger partial charge in [-0.1, -0.05) is 46.3 Å². The van der Waals surface area contributed by atoms with Gasteiger partial charge >= 0.3 is 0 Å². The highest BCUT2D eigenvalue weighted by Gasteiger charge is 2.11. The molecule has 23 heavy (non-hydrogen) atoms. The first-order chi connectivity index (χ1) is 11.0. The monoisotopic (exact) mass is 316 g/mol. The van der Waals surface area contributed by atoms with Crippen LogP contribution in [0, 0.1) is 5.92 Å². The van der Waals surface area contributed by atoms with Crippen LogP contribution in [0.25, 0.3) is 12.8 Å². The molecule has 0 aromatic heterocycles. The molecule has 1 atom stereocenters. The van der Waals surface area contributed by atoms with Crippen molar-refractivity contribution in [3.05, 3.63) is 33.7 Å². The van der Waals surface area contributed by atoms with Gasteiger partial charge in [0.1, 0.15) is 0 Å². The standard InChI is InChI=1S/C20H32N2O/c1-7-10-16(8-2)13-22(6)14-19-15(4)11-12-18(17(19)9-3)20(23)21-5/h11-12,14,16H,4,7-10,13H2,1-3,5-6H3,(H,21,23)/b19-14+. The van der Waals surface area contributed by atoms with Crippen molar-refractivity contribution in [1.82, 2.24) is 10.2 Å². The summed E-state index contributed by atoms with van der Waals surface area (Å²) in [4.78, 5) is 14.3. The zero-order chi connectivity index (χ0) is 17.4. The molecule has 0 heterocycles. The second kappa shape index (κ2) is 9.39. The van der Waals surface area contributed by atoms with E-state index in [0.29, 0.717) is 5.92 Å². The number of nitrogens with one attached hydrogen (secondary N) is 1. The minimum absolute atomic E-state index is 0.0310. The van der Waals surface area contributed by atoms with E-state index in [1.165, 1.54) is 19.3 Å². The third-order valence-corrected chi connectivity index (χ3v) is 4.44. The Morgan fingerprint density at radius 1 is 1.35 bits per heavy atom. The maximum absolute atomic E-state index is 12.1. The summed E-state index contributed by atoms with van der Waals surface area (Å²) < 4.78 is 0. The molecule has 0 aliphatic carbocycles. The van der Waals surface area contributed by atoms with Gasteiger partial charge in [0, 0.05) is 37.6 Å². The SMILES string of the molecule is C=c1ccc(C(=O)NC)c(CC)/c1=C/N(C)CC(CC)CCC. The zero-order valence-corrected chi connectivity index (χ0v) is 15.4. The molecule has 3 heteroatoms. The number of hydrogen-bond acceptors (Lipinski definition) is 2. The van der Waals surface area contributed by atoms with Crippen LogP contribution in [0.1, 0.15) is 56.0 Å². The van der Waals surface area contributed by atoms with Crippen molar-refractivity contribution in [2.75, 3.05) is 20.6 Å². The number of amides is 1. The van der Waals surface area contributed by atoms with Gasteiger partial charge in [-0.25, -0.2) is 0 Å². The van der Waals surface area contributed by atoms with E-state index in [2.05, 4.69) is 50.8 Å². The van der Waals surface area contributed by atoms with Crippen LogP contribution in [0.4, 0.5) is 0 Å². The number of rotatable bonds is 8. The summed E-state index contributed by atoms with van der Waals surface area (Å²) in [5.74, 6) is 0.679. The lowest BCUT2D eigenvalue weighted by molar-refractivity contribution is 0.0962. The molecule has 0 saturated heterocycles. The van der Waals surface area contributed by atoms with Crippen molar-refractivity contribution in [3.63, 3.8) is 0 Å². The largest absolute Gasteiger partial charge is 0.380 e. The summed E-state index contributed by atoms with van der Waals surface area (Å²) in [6, 6.07) is 3.82. The molecule has 0 saturated carbocycles. The quantitative estimate of drug-likeness (QED) is 0.799. The van der Waals surface area contributed by atoms with E-state index in [0.717, 1.165) is 34.5 Å². The summed E-state index contributed by atoms with van der Waals surface area (Å²) in [6.07, 6.45) is 6.65. The lowest BCUT2D eigenvalue weighted by Gasteiger charge is -2.22. The molecular weight excluding hydrogens is 284 g/mol. The highest BCUT2D eigenvalue weighted by atomic mass is 16.1. The molecule has 1 unspecified atom stereocenters. The summed E-state index contributed by atoms with van der Waals surface area (Å²) in [7, 11) is 3.79. The van der Waals surface area contributed by atoms with Gasteiger partial charge in [0.25, 0.3) is 5.91 Å². The highest BCUT2D eigenvalue weighted by molar-refractivity contribution is 5.95. The van der Waals surface area contributed by atoms with Crippen molar-refractivity contribution in [2.45, 2.75) is 46.5 Å². The molecule has 128 valence electrons. The first kappa shape index (κ1) is 19.3. The maximum Gasteiger partial charge on any atom is 0.251 e. The van der Waals surface area contributed by atoms with Crippen LogP contribution in [0.3, 0.4) is 0 Å². The predicted octanol–water partition coefficient (Wildman–Crippen LogP) is 2.52. The number of nitrogens with zero attached hydrogens (tertiary/aromatic N) is 1. The highest BCUT2D eigenvalue weighted by Crippen LogP contribution is 2.12. The minimum atomic E-state index is -0.0310. The van der Waals surface area contributed by atoms with Gasteiger partial charge in [-0.05, 0) is 35.6 Å². The van der Waals surface area contributed by atoms with E-state index in [-0.39, 0.29) is 5.91 Å². The van der Waals surface area contributed by atoms with Gasteiger partial charge in [-0.2, -0.15) is 0 Å². The summed E-state index contributed by atoms with van der Waals surface area (Å²) >= 11 is 0. The van der Waals surface area contributed by atoms with Crippen LogP contribution in [0.5, 0.6) is 0 Å². The first-order valence-electron chi connectivity index (χ1n) is 8.73.